The number of nitrogens with one attached hydrogen (secondary N) is 2. The highest BCUT2D eigenvalue weighted by Gasteiger charge is 2.01. The van der Waals surface area contributed by atoms with E-state index in [1.54, 1.807) is 20.5 Å². The lowest BCUT2D eigenvalue weighted by atomic mass is 10.2. The van der Waals surface area contributed by atoms with Crippen molar-refractivity contribution in [3.8, 4) is 5.75 Å². The van der Waals surface area contributed by atoms with E-state index in [0.717, 1.165) is 62.0 Å². The molecule has 2 rings (SSSR count). The van der Waals surface area contributed by atoms with Gasteiger partial charge in [-0.05, 0) is 42.7 Å². The summed E-state index contributed by atoms with van der Waals surface area (Å²) < 4.78 is 15.6. The first-order chi connectivity index (χ1) is 12.8. The molecule has 0 spiro atoms. The van der Waals surface area contributed by atoms with Crippen LogP contribution in [0.5, 0.6) is 5.75 Å². The fraction of sp³-hybridized carbons (Fsp3) is 0.450. The minimum atomic E-state index is 0.609. The number of unbranched alkanes of at least 4 members (excludes halogenated alkanes) is 1. The lowest BCUT2D eigenvalue weighted by Gasteiger charge is -2.12. The molecule has 0 radical (unpaired) electrons. The molecule has 0 unspecified atom stereocenters. The molecule has 2 aromatic rings. The SMILES string of the molecule is COCCCCNC(=NCc1ccc(OC)cc1)NCCc1ccco1. The Hall–Kier alpha value is -2.47. The second kappa shape index (κ2) is 12.0. The molecule has 6 heteroatoms. The Morgan fingerprint density at radius 3 is 2.54 bits per heavy atom. The fourth-order valence-corrected chi connectivity index (χ4v) is 2.41. The Balaban J connectivity index is 1.84. The first-order valence-electron chi connectivity index (χ1n) is 8.98. The van der Waals surface area contributed by atoms with Crippen LogP contribution < -0.4 is 15.4 Å². The van der Waals surface area contributed by atoms with E-state index in [4.69, 9.17) is 13.9 Å². The van der Waals surface area contributed by atoms with Gasteiger partial charge in [-0.1, -0.05) is 12.1 Å². The summed E-state index contributed by atoms with van der Waals surface area (Å²) in [6, 6.07) is 11.8. The molecule has 0 amide bonds. The van der Waals surface area contributed by atoms with Crippen LogP contribution in [0.2, 0.25) is 0 Å². The summed E-state index contributed by atoms with van der Waals surface area (Å²) >= 11 is 0. The topological polar surface area (TPSA) is 68.0 Å². The Morgan fingerprint density at radius 1 is 1.04 bits per heavy atom. The smallest absolute Gasteiger partial charge is 0.191 e. The van der Waals surface area contributed by atoms with Gasteiger partial charge in [0.05, 0.1) is 19.9 Å². The molecular weight excluding hydrogens is 330 g/mol. The Morgan fingerprint density at radius 2 is 1.85 bits per heavy atom. The molecule has 142 valence electrons. The van der Waals surface area contributed by atoms with Crippen molar-refractivity contribution in [3.63, 3.8) is 0 Å². The molecular formula is C20H29N3O3. The summed E-state index contributed by atoms with van der Waals surface area (Å²) in [7, 11) is 3.40. The van der Waals surface area contributed by atoms with Crippen LogP contribution in [0.15, 0.2) is 52.1 Å². The van der Waals surface area contributed by atoms with Crippen molar-refractivity contribution >= 4 is 5.96 Å². The molecule has 0 aliphatic carbocycles. The number of benzene rings is 1. The molecule has 6 nitrogen and oxygen atoms in total. The zero-order valence-corrected chi connectivity index (χ0v) is 15.7. The van der Waals surface area contributed by atoms with Gasteiger partial charge in [0.25, 0.3) is 0 Å². The summed E-state index contributed by atoms with van der Waals surface area (Å²) in [5.41, 5.74) is 1.14. The van der Waals surface area contributed by atoms with E-state index < -0.39 is 0 Å². The highest BCUT2D eigenvalue weighted by Crippen LogP contribution is 2.11. The summed E-state index contributed by atoms with van der Waals surface area (Å²) in [5.74, 6) is 2.63. The minimum absolute atomic E-state index is 0.609. The van der Waals surface area contributed by atoms with Gasteiger partial charge in [-0.15, -0.1) is 0 Å². The van der Waals surface area contributed by atoms with Gasteiger partial charge in [-0.25, -0.2) is 4.99 Å². The van der Waals surface area contributed by atoms with Crippen molar-refractivity contribution < 1.29 is 13.9 Å². The van der Waals surface area contributed by atoms with Crippen LogP contribution in [0.1, 0.15) is 24.2 Å². The predicted octanol–water partition coefficient (Wildman–Crippen LogP) is 2.99. The third kappa shape index (κ3) is 7.61. The number of furan rings is 1. The highest BCUT2D eigenvalue weighted by atomic mass is 16.5. The third-order valence-electron chi connectivity index (χ3n) is 3.89. The number of ether oxygens (including phenoxy) is 2. The van der Waals surface area contributed by atoms with Crippen molar-refractivity contribution in [3.05, 3.63) is 54.0 Å². The van der Waals surface area contributed by atoms with E-state index in [1.807, 2.05) is 36.4 Å². The molecule has 0 saturated heterocycles. The third-order valence-corrected chi connectivity index (χ3v) is 3.89. The van der Waals surface area contributed by atoms with E-state index in [0.29, 0.717) is 6.54 Å². The van der Waals surface area contributed by atoms with Crippen molar-refractivity contribution in [1.82, 2.24) is 10.6 Å². The zero-order chi connectivity index (χ0) is 18.5. The van der Waals surface area contributed by atoms with Gasteiger partial charge in [0, 0.05) is 33.2 Å². The number of hydrogen-bond donors (Lipinski definition) is 2. The van der Waals surface area contributed by atoms with Crippen LogP contribution in [0.4, 0.5) is 0 Å². The zero-order valence-electron chi connectivity index (χ0n) is 15.7. The molecule has 0 bridgehead atoms. The van der Waals surface area contributed by atoms with Gasteiger partial charge in [-0.2, -0.15) is 0 Å². The molecule has 1 aromatic carbocycles. The molecule has 0 fully saturated rings. The minimum Gasteiger partial charge on any atom is -0.497 e. The Kier molecular flexibility index (Phi) is 9.14. The first kappa shape index (κ1) is 19.8. The number of nitrogens with zero attached hydrogens (tertiary/aromatic N) is 1. The lowest BCUT2D eigenvalue weighted by molar-refractivity contribution is 0.193. The van der Waals surface area contributed by atoms with Crippen LogP contribution in [0.25, 0.3) is 0 Å². The number of methoxy groups -OCH3 is 2. The van der Waals surface area contributed by atoms with Crippen molar-refractivity contribution in [1.29, 1.82) is 0 Å². The molecule has 0 aliphatic rings. The van der Waals surface area contributed by atoms with Gasteiger partial charge in [0.2, 0.25) is 0 Å². The highest BCUT2D eigenvalue weighted by molar-refractivity contribution is 5.79. The Labute approximate surface area is 155 Å². The van der Waals surface area contributed by atoms with Gasteiger partial charge in [0.15, 0.2) is 5.96 Å². The van der Waals surface area contributed by atoms with Gasteiger partial charge in [0.1, 0.15) is 11.5 Å². The number of guanidine groups is 1. The van der Waals surface area contributed by atoms with Crippen LogP contribution in [-0.2, 0) is 17.7 Å². The monoisotopic (exact) mass is 359 g/mol. The van der Waals surface area contributed by atoms with E-state index >= 15 is 0 Å². The van der Waals surface area contributed by atoms with Crippen LogP contribution in [-0.4, -0.2) is 39.9 Å². The summed E-state index contributed by atoms with van der Waals surface area (Å²) in [4.78, 5) is 4.68. The van der Waals surface area contributed by atoms with Crippen molar-refractivity contribution in [2.24, 2.45) is 4.99 Å². The second-order valence-electron chi connectivity index (χ2n) is 5.90. The van der Waals surface area contributed by atoms with E-state index in [1.165, 1.54) is 0 Å². The van der Waals surface area contributed by atoms with Gasteiger partial charge < -0.3 is 24.5 Å². The van der Waals surface area contributed by atoms with Crippen LogP contribution >= 0.6 is 0 Å². The lowest BCUT2D eigenvalue weighted by Crippen LogP contribution is -2.39. The maximum atomic E-state index is 5.37. The van der Waals surface area contributed by atoms with Gasteiger partial charge >= 0.3 is 0 Å². The summed E-state index contributed by atoms with van der Waals surface area (Å²) in [6.07, 6.45) is 4.58. The standard InChI is InChI=1S/C20H29N3O3/c1-24-14-4-3-12-21-20(22-13-11-19-6-5-15-26-19)23-16-17-7-9-18(25-2)10-8-17/h5-10,15H,3-4,11-14,16H2,1-2H3,(H2,21,22,23). The van der Waals surface area contributed by atoms with Crippen molar-refractivity contribution in [2.45, 2.75) is 25.8 Å². The summed E-state index contributed by atoms with van der Waals surface area (Å²) in [6.45, 7) is 3.02. The van der Waals surface area contributed by atoms with E-state index in [2.05, 4.69) is 15.6 Å². The fourth-order valence-electron chi connectivity index (χ4n) is 2.41. The quantitative estimate of drug-likeness (QED) is 0.367. The van der Waals surface area contributed by atoms with Crippen LogP contribution in [0, 0.1) is 0 Å². The van der Waals surface area contributed by atoms with Gasteiger partial charge in [-0.3, -0.25) is 0 Å². The van der Waals surface area contributed by atoms with Crippen LogP contribution in [0.3, 0.4) is 0 Å². The molecule has 2 N–H and O–H groups in total. The maximum absolute atomic E-state index is 5.37. The maximum Gasteiger partial charge on any atom is 0.191 e. The second-order valence-corrected chi connectivity index (χ2v) is 5.90. The molecule has 1 aromatic heterocycles. The average molecular weight is 359 g/mol. The van der Waals surface area contributed by atoms with Crippen molar-refractivity contribution in [2.75, 3.05) is 33.9 Å². The predicted molar refractivity (Wildman–Crippen MR) is 104 cm³/mol. The average Bonchev–Trinajstić information content (AvgIpc) is 3.19. The van der Waals surface area contributed by atoms with E-state index in [9.17, 15) is 0 Å². The molecule has 26 heavy (non-hydrogen) atoms. The number of hydrogen-bond acceptors (Lipinski definition) is 4. The first-order valence-corrected chi connectivity index (χ1v) is 8.98. The largest absolute Gasteiger partial charge is 0.497 e. The number of aliphatic imine (C=N–C) groups is 1. The Bertz CT molecular complexity index is 624. The molecule has 0 aliphatic heterocycles. The number of rotatable bonds is 11. The van der Waals surface area contributed by atoms with E-state index in [-0.39, 0.29) is 0 Å². The normalized spacial score (nSPS) is 11.4. The summed E-state index contributed by atoms with van der Waals surface area (Å²) in [5, 5.41) is 6.74. The molecule has 1 heterocycles. The molecule has 0 atom stereocenters. The molecule has 0 saturated carbocycles.